The summed E-state index contributed by atoms with van der Waals surface area (Å²) in [5, 5.41) is 2.83. The molecule has 0 atom stereocenters. The predicted molar refractivity (Wildman–Crippen MR) is 99.4 cm³/mol. The summed E-state index contributed by atoms with van der Waals surface area (Å²) in [6.07, 6.45) is 5.26. The maximum atomic E-state index is 12.4. The zero-order valence-corrected chi connectivity index (χ0v) is 14.2. The van der Waals surface area contributed by atoms with Crippen molar-refractivity contribution in [3.8, 4) is 5.69 Å². The van der Waals surface area contributed by atoms with Crippen LogP contribution in [0.3, 0.4) is 0 Å². The number of hydrogen-bond acceptors (Lipinski definition) is 3. The topological polar surface area (TPSA) is 73.8 Å². The molecule has 0 aliphatic rings. The molecule has 1 N–H and O–H groups in total. The van der Waals surface area contributed by atoms with E-state index in [0.29, 0.717) is 5.69 Å². The molecule has 1 amide bonds. The number of nitrogens with zero attached hydrogens (tertiary/aromatic N) is 4. The first-order chi connectivity index (χ1) is 12.6. The van der Waals surface area contributed by atoms with Crippen LogP contribution in [0.25, 0.3) is 16.7 Å². The second kappa shape index (κ2) is 6.36. The van der Waals surface area contributed by atoms with Crippen LogP contribution in [0.1, 0.15) is 0 Å². The van der Waals surface area contributed by atoms with Crippen LogP contribution in [0.15, 0.2) is 72.0 Å². The lowest BCUT2D eigenvalue weighted by molar-refractivity contribution is -0.116. The maximum Gasteiger partial charge on any atom is 0.329 e. The van der Waals surface area contributed by atoms with E-state index < -0.39 is 0 Å². The van der Waals surface area contributed by atoms with Crippen molar-refractivity contribution in [1.82, 2.24) is 18.7 Å². The van der Waals surface area contributed by atoms with Crippen LogP contribution in [0.4, 0.5) is 5.69 Å². The highest BCUT2D eigenvalue weighted by Crippen LogP contribution is 2.14. The van der Waals surface area contributed by atoms with Crippen LogP contribution in [0.5, 0.6) is 0 Å². The SMILES string of the molecule is Cn1c(=O)n(CC(=O)Nc2ccc(-n3ccnc3)cc2)c2ccccc21. The second-order valence-corrected chi connectivity index (χ2v) is 5.98. The fourth-order valence-electron chi connectivity index (χ4n) is 2.99. The number of benzene rings is 2. The number of hydrogen-bond donors (Lipinski definition) is 1. The predicted octanol–water partition coefficient (Wildman–Crippen LogP) is 2.16. The fourth-order valence-corrected chi connectivity index (χ4v) is 2.99. The minimum atomic E-state index is -0.251. The molecular weight excluding hydrogens is 330 g/mol. The Kier molecular flexibility index (Phi) is 3.89. The molecule has 4 rings (SSSR count). The van der Waals surface area contributed by atoms with Crippen molar-refractivity contribution in [3.05, 3.63) is 77.7 Å². The van der Waals surface area contributed by atoms with Gasteiger partial charge in [0, 0.05) is 30.8 Å². The van der Waals surface area contributed by atoms with Gasteiger partial charge in [-0.15, -0.1) is 0 Å². The Morgan fingerprint density at radius 2 is 1.81 bits per heavy atom. The van der Waals surface area contributed by atoms with E-state index in [9.17, 15) is 9.59 Å². The third-order valence-corrected chi connectivity index (χ3v) is 4.31. The van der Waals surface area contributed by atoms with E-state index in [1.54, 1.807) is 24.1 Å². The molecule has 0 spiro atoms. The van der Waals surface area contributed by atoms with E-state index in [1.165, 1.54) is 4.57 Å². The summed E-state index contributed by atoms with van der Waals surface area (Å²) in [5.41, 5.74) is 2.95. The van der Waals surface area contributed by atoms with Crippen molar-refractivity contribution < 1.29 is 4.79 Å². The Bertz CT molecular complexity index is 1120. The molecular formula is C19H17N5O2. The lowest BCUT2D eigenvalue weighted by Gasteiger charge is -2.08. The number of aryl methyl sites for hydroxylation is 1. The van der Waals surface area contributed by atoms with Gasteiger partial charge >= 0.3 is 5.69 Å². The van der Waals surface area contributed by atoms with Gasteiger partial charge in [-0.25, -0.2) is 9.78 Å². The van der Waals surface area contributed by atoms with E-state index >= 15 is 0 Å². The smallest absolute Gasteiger partial charge is 0.325 e. The fraction of sp³-hybridized carbons (Fsp3) is 0.105. The molecule has 0 fully saturated rings. The monoisotopic (exact) mass is 347 g/mol. The molecule has 4 aromatic rings. The molecule has 0 saturated carbocycles. The Morgan fingerprint density at radius 3 is 2.50 bits per heavy atom. The summed E-state index contributed by atoms with van der Waals surface area (Å²) in [6, 6.07) is 14.8. The highest BCUT2D eigenvalue weighted by Gasteiger charge is 2.13. The van der Waals surface area contributed by atoms with E-state index in [2.05, 4.69) is 10.3 Å². The highest BCUT2D eigenvalue weighted by molar-refractivity contribution is 5.91. The molecule has 7 heteroatoms. The number of imidazole rings is 2. The van der Waals surface area contributed by atoms with E-state index in [1.807, 2.05) is 59.3 Å². The molecule has 26 heavy (non-hydrogen) atoms. The van der Waals surface area contributed by atoms with Gasteiger partial charge in [0.1, 0.15) is 6.54 Å². The van der Waals surface area contributed by atoms with Gasteiger partial charge in [-0.2, -0.15) is 0 Å². The molecule has 2 aromatic heterocycles. The zero-order chi connectivity index (χ0) is 18.1. The molecule has 2 aromatic carbocycles. The summed E-state index contributed by atoms with van der Waals surface area (Å²) < 4.78 is 4.90. The van der Waals surface area contributed by atoms with Gasteiger partial charge in [-0.05, 0) is 36.4 Å². The van der Waals surface area contributed by atoms with Crippen LogP contribution in [-0.4, -0.2) is 24.6 Å². The second-order valence-electron chi connectivity index (χ2n) is 5.98. The number of para-hydroxylation sites is 2. The molecule has 0 aliphatic heterocycles. The summed E-state index contributed by atoms with van der Waals surface area (Å²) in [4.78, 5) is 28.8. The van der Waals surface area contributed by atoms with Gasteiger partial charge < -0.3 is 9.88 Å². The number of aromatic nitrogens is 4. The van der Waals surface area contributed by atoms with Gasteiger partial charge in [-0.1, -0.05) is 12.1 Å². The first kappa shape index (κ1) is 15.9. The summed E-state index contributed by atoms with van der Waals surface area (Å²) in [5.74, 6) is -0.251. The van der Waals surface area contributed by atoms with Crippen molar-refractivity contribution in [2.24, 2.45) is 7.05 Å². The summed E-state index contributed by atoms with van der Waals surface area (Å²) >= 11 is 0. The molecule has 7 nitrogen and oxygen atoms in total. The molecule has 2 heterocycles. The number of carbonyl (C=O) groups is 1. The normalized spacial score (nSPS) is 11.0. The highest BCUT2D eigenvalue weighted by atomic mass is 16.2. The van der Waals surface area contributed by atoms with Gasteiger partial charge in [-0.3, -0.25) is 13.9 Å². The van der Waals surface area contributed by atoms with Crippen molar-refractivity contribution in [2.75, 3.05) is 5.32 Å². The average Bonchev–Trinajstić information content (AvgIpc) is 3.27. The van der Waals surface area contributed by atoms with Crippen molar-refractivity contribution >= 4 is 22.6 Å². The van der Waals surface area contributed by atoms with E-state index in [0.717, 1.165) is 16.7 Å². The van der Waals surface area contributed by atoms with Gasteiger partial charge in [0.25, 0.3) is 0 Å². The van der Waals surface area contributed by atoms with E-state index in [-0.39, 0.29) is 18.1 Å². The molecule has 130 valence electrons. The lowest BCUT2D eigenvalue weighted by Crippen LogP contribution is -2.28. The molecule has 0 bridgehead atoms. The van der Waals surface area contributed by atoms with Crippen molar-refractivity contribution in [1.29, 1.82) is 0 Å². The van der Waals surface area contributed by atoms with Crippen LogP contribution in [0.2, 0.25) is 0 Å². The Balaban J connectivity index is 1.53. The Morgan fingerprint density at radius 1 is 1.08 bits per heavy atom. The van der Waals surface area contributed by atoms with Crippen LogP contribution < -0.4 is 11.0 Å². The summed E-state index contributed by atoms with van der Waals surface area (Å²) in [6.45, 7) is -0.0382. The minimum absolute atomic E-state index is 0.0382. The number of carbonyl (C=O) groups excluding carboxylic acids is 1. The van der Waals surface area contributed by atoms with Gasteiger partial charge in [0.05, 0.1) is 17.4 Å². The van der Waals surface area contributed by atoms with Crippen LogP contribution in [0, 0.1) is 0 Å². The van der Waals surface area contributed by atoms with Gasteiger partial charge in [0.2, 0.25) is 5.91 Å². The van der Waals surface area contributed by atoms with Crippen molar-refractivity contribution in [3.63, 3.8) is 0 Å². The first-order valence-electron chi connectivity index (χ1n) is 8.16. The van der Waals surface area contributed by atoms with E-state index in [4.69, 9.17) is 0 Å². The molecule has 0 aliphatic carbocycles. The average molecular weight is 347 g/mol. The van der Waals surface area contributed by atoms with Gasteiger partial charge in [0.15, 0.2) is 0 Å². The third-order valence-electron chi connectivity index (χ3n) is 4.31. The van der Waals surface area contributed by atoms with Crippen LogP contribution in [-0.2, 0) is 18.4 Å². The van der Waals surface area contributed by atoms with Crippen LogP contribution >= 0.6 is 0 Å². The molecule has 0 radical (unpaired) electrons. The molecule has 0 unspecified atom stereocenters. The maximum absolute atomic E-state index is 12.4. The Hall–Kier alpha value is -3.61. The number of fused-ring (bicyclic) bond motifs is 1. The van der Waals surface area contributed by atoms with Crippen molar-refractivity contribution in [2.45, 2.75) is 6.54 Å². The summed E-state index contributed by atoms with van der Waals surface area (Å²) in [7, 11) is 1.70. The minimum Gasteiger partial charge on any atom is -0.325 e. The first-order valence-corrected chi connectivity index (χ1v) is 8.16. The molecule has 0 saturated heterocycles. The number of nitrogens with one attached hydrogen (secondary N) is 1. The number of amides is 1. The zero-order valence-electron chi connectivity index (χ0n) is 14.2. The lowest BCUT2D eigenvalue weighted by atomic mass is 10.2. The quantitative estimate of drug-likeness (QED) is 0.615. The number of rotatable bonds is 4. The Labute approximate surface area is 149 Å². The standard InChI is InChI=1S/C19H17N5O2/c1-22-16-4-2-3-5-17(16)24(19(22)26)12-18(25)21-14-6-8-15(9-7-14)23-11-10-20-13-23/h2-11,13H,12H2,1H3,(H,21,25). The largest absolute Gasteiger partial charge is 0.329 e. The third kappa shape index (κ3) is 2.79. The number of anilines is 1.